The molecule has 25 heavy (non-hydrogen) atoms. The lowest BCUT2D eigenvalue weighted by Crippen LogP contribution is -2.31. The van der Waals surface area contributed by atoms with Gasteiger partial charge in [0, 0.05) is 37.1 Å². The highest BCUT2D eigenvalue weighted by Gasteiger charge is 2.25. The number of rotatable bonds is 5. The Morgan fingerprint density at radius 1 is 1.32 bits per heavy atom. The number of H-pyrrole nitrogens is 1. The van der Waals surface area contributed by atoms with Gasteiger partial charge in [-0.15, -0.1) is 0 Å². The minimum Gasteiger partial charge on any atom is -0.343 e. The van der Waals surface area contributed by atoms with Gasteiger partial charge in [-0.1, -0.05) is 30.3 Å². The van der Waals surface area contributed by atoms with Crippen LogP contribution in [0.15, 0.2) is 42.7 Å². The fourth-order valence-corrected chi connectivity index (χ4v) is 3.45. The van der Waals surface area contributed by atoms with Crippen molar-refractivity contribution in [2.75, 3.05) is 0 Å². The van der Waals surface area contributed by atoms with E-state index in [9.17, 15) is 4.79 Å². The maximum Gasteiger partial charge on any atom is 0.272 e. The number of carbonyl (C=O) groups excluding carboxylic acids is 1. The fraction of sp³-hybridized carbons (Fsp3) is 0.316. The Hall–Kier alpha value is -2.89. The van der Waals surface area contributed by atoms with Gasteiger partial charge in [-0.3, -0.25) is 9.89 Å². The van der Waals surface area contributed by atoms with Gasteiger partial charge in [0.15, 0.2) is 5.69 Å². The SMILES string of the molecule is Cn1ccnc1C[C@@H](NC(=O)c1n[nH]c2c1CCC2)c1ccccc1. The minimum atomic E-state index is -0.149. The Bertz CT molecular complexity index is 880. The molecule has 1 aliphatic carbocycles. The van der Waals surface area contributed by atoms with Gasteiger partial charge in [-0.25, -0.2) is 4.98 Å². The van der Waals surface area contributed by atoms with Crippen molar-refractivity contribution in [2.24, 2.45) is 7.05 Å². The molecular formula is C19H21N5O. The molecule has 2 N–H and O–H groups in total. The number of hydrogen-bond acceptors (Lipinski definition) is 3. The van der Waals surface area contributed by atoms with Gasteiger partial charge in [-0.05, 0) is 24.8 Å². The van der Waals surface area contributed by atoms with Gasteiger partial charge in [0.05, 0.1) is 6.04 Å². The second kappa shape index (κ2) is 6.55. The van der Waals surface area contributed by atoms with E-state index in [-0.39, 0.29) is 11.9 Å². The van der Waals surface area contributed by atoms with E-state index in [0.717, 1.165) is 41.9 Å². The maximum atomic E-state index is 12.8. The summed E-state index contributed by atoms with van der Waals surface area (Å²) in [4.78, 5) is 17.2. The van der Waals surface area contributed by atoms with Gasteiger partial charge >= 0.3 is 0 Å². The lowest BCUT2D eigenvalue weighted by molar-refractivity contribution is 0.0930. The first-order chi connectivity index (χ1) is 12.2. The van der Waals surface area contributed by atoms with Crippen LogP contribution in [0.3, 0.4) is 0 Å². The molecular weight excluding hydrogens is 314 g/mol. The molecule has 0 saturated carbocycles. The lowest BCUT2D eigenvalue weighted by atomic mass is 10.0. The molecule has 0 saturated heterocycles. The summed E-state index contributed by atoms with van der Waals surface area (Å²) in [6.07, 6.45) is 7.31. The Labute approximate surface area is 146 Å². The van der Waals surface area contributed by atoms with Crippen molar-refractivity contribution in [1.82, 2.24) is 25.1 Å². The van der Waals surface area contributed by atoms with Crippen LogP contribution in [0.1, 0.15) is 45.6 Å². The first-order valence-corrected chi connectivity index (χ1v) is 8.60. The van der Waals surface area contributed by atoms with E-state index >= 15 is 0 Å². The molecule has 1 atom stereocenters. The van der Waals surface area contributed by atoms with Crippen LogP contribution in [-0.2, 0) is 26.3 Å². The van der Waals surface area contributed by atoms with Crippen LogP contribution in [-0.4, -0.2) is 25.7 Å². The van der Waals surface area contributed by atoms with E-state index in [1.54, 1.807) is 6.20 Å². The first-order valence-electron chi connectivity index (χ1n) is 8.60. The van der Waals surface area contributed by atoms with Crippen molar-refractivity contribution in [3.8, 4) is 0 Å². The molecule has 0 unspecified atom stereocenters. The third-order valence-corrected chi connectivity index (χ3v) is 4.84. The number of amides is 1. The van der Waals surface area contributed by atoms with Crippen LogP contribution in [0.2, 0.25) is 0 Å². The number of benzene rings is 1. The third kappa shape index (κ3) is 3.07. The second-order valence-corrected chi connectivity index (χ2v) is 6.48. The van der Waals surface area contributed by atoms with Gasteiger partial charge in [-0.2, -0.15) is 5.10 Å². The zero-order chi connectivity index (χ0) is 17.2. The standard InChI is InChI=1S/C19H21N5O/c1-24-11-10-20-17(24)12-16(13-6-3-2-4-7-13)21-19(25)18-14-8-5-9-15(14)22-23-18/h2-4,6-7,10-11,16H,5,8-9,12H2,1H3,(H,21,25)(H,22,23)/t16-/m1/s1. The number of fused-ring (bicyclic) bond motifs is 1. The van der Waals surface area contributed by atoms with Crippen molar-refractivity contribution in [2.45, 2.75) is 31.7 Å². The summed E-state index contributed by atoms with van der Waals surface area (Å²) >= 11 is 0. The summed E-state index contributed by atoms with van der Waals surface area (Å²) < 4.78 is 1.98. The van der Waals surface area contributed by atoms with Crippen LogP contribution in [0, 0.1) is 0 Å². The lowest BCUT2D eigenvalue weighted by Gasteiger charge is -2.19. The second-order valence-electron chi connectivity index (χ2n) is 6.48. The molecule has 4 rings (SSSR count). The number of hydrogen-bond donors (Lipinski definition) is 2. The van der Waals surface area contributed by atoms with Gasteiger partial charge in [0.2, 0.25) is 0 Å². The average Bonchev–Trinajstić information content (AvgIpc) is 3.32. The smallest absolute Gasteiger partial charge is 0.272 e. The number of carbonyl (C=O) groups is 1. The monoisotopic (exact) mass is 335 g/mol. The topological polar surface area (TPSA) is 75.6 Å². The van der Waals surface area contributed by atoms with Crippen molar-refractivity contribution in [3.63, 3.8) is 0 Å². The molecule has 3 aromatic rings. The van der Waals surface area contributed by atoms with Crippen LogP contribution in [0.5, 0.6) is 0 Å². The average molecular weight is 335 g/mol. The Balaban J connectivity index is 1.59. The summed E-state index contributed by atoms with van der Waals surface area (Å²) in [6, 6.07) is 9.86. The van der Waals surface area contributed by atoms with Crippen LogP contribution in [0.25, 0.3) is 0 Å². The summed E-state index contributed by atoms with van der Waals surface area (Å²) in [5, 5.41) is 10.4. The third-order valence-electron chi connectivity index (χ3n) is 4.84. The van der Waals surface area contributed by atoms with Crippen molar-refractivity contribution in [3.05, 3.63) is 71.1 Å². The highest BCUT2D eigenvalue weighted by atomic mass is 16.2. The molecule has 1 aromatic carbocycles. The summed E-state index contributed by atoms with van der Waals surface area (Å²) in [5.74, 6) is 0.809. The molecule has 0 bridgehead atoms. The van der Waals surface area contributed by atoms with Crippen LogP contribution >= 0.6 is 0 Å². The molecule has 6 nitrogen and oxygen atoms in total. The quantitative estimate of drug-likeness (QED) is 0.751. The number of imidazole rings is 1. The highest BCUT2D eigenvalue weighted by molar-refractivity contribution is 5.94. The Kier molecular flexibility index (Phi) is 4.09. The zero-order valence-electron chi connectivity index (χ0n) is 14.2. The summed E-state index contributed by atoms with van der Waals surface area (Å²) in [6.45, 7) is 0. The molecule has 0 spiro atoms. The minimum absolute atomic E-state index is 0.123. The number of aromatic amines is 1. The Morgan fingerprint density at radius 2 is 2.16 bits per heavy atom. The van der Waals surface area contributed by atoms with Crippen molar-refractivity contribution >= 4 is 5.91 Å². The van der Waals surface area contributed by atoms with Crippen molar-refractivity contribution in [1.29, 1.82) is 0 Å². The number of aromatic nitrogens is 4. The summed E-state index contributed by atoms with van der Waals surface area (Å²) in [5.41, 5.74) is 3.77. The zero-order valence-corrected chi connectivity index (χ0v) is 14.2. The molecule has 0 radical (unpaired) electrons. The molecule has 0 fully saturated rings. The van der Waals surface area contributed by atoms with E-state index in [0.29, 0.717) is 12.1 Å². The predicted molar refractivity (Wildman–Crippen MR) is 94.2 cm³/mol. The largest absolute Gasteiger partial charge is 0.343 e. The highest BCUT2D eigenvalue weighted by Crippen LogP contribution is 2.24. The fourth-order valence-electron chi connectivity index (χ4n) is 3.45. The van der Waals surface area contributed by atoms with Crippen molar-refractivity contribution < 1.29 is 4.79 Å². The number of aryl methyl sites for hydroxylation is 2. The molecule has 0 aliphatic heterocycles. The predicted octanol–water partition coefficient (Wildman–Crippen LogP) is 2.35. The molecule has 2 aromatic heterocycles. The van der Waals surface area contributed by atoms with E-state index in [4.69, 9.17) is 0 Å². The molecule has 1 aliphatic rings. The normalized spacial score (nSPS) is 14.3. The van der Waals surface area contributed by atoms with E-state index in [2.05, 4.69) is 20.5 Å². The van der Waals surface area contributed by atoms with Gasteiger partial charge in [0.25, 0.3) is 5.91 Å². The number of nitrogens with one attached hydrogen (secondary N) is 2. The van der Waals surface area contributed by atoms with Crippen LogP contribution < -0.4 is 5.32 Å². The van der Waals surface area contributed by atoms with Gasteiger partial charge < -0.3 is 9.88 Å². The van der Waals surface area contributed by atoms with E-state index in [1.807, 2.05) is 48.1 Å². The Morgan fingerprint density at radius 3 is 2.92 bits per heavy atom. The first kappa shape index (κ1) is 15.6. The van der Waals surface area contributed by atoms with Gasteiger partial charge in [0.1, 0.15) is 5.82 Å². The molecule has 6 heteroatoms. The summed E-state index contributed by atoms with van der Waals surface area (Å²) in [7, 11) is 1.97. The van der Waals surface area contributed by atoms with Crippen LogP contribution in [0.4, 0.5) is 0 Å². The number of nitrogens with zero attached hydrogens (tertiary/aromatic N) is 3. The van der Waals surface area contributed by atoms with E-state index in [1.165, 1.54) is 0 Å². The van der Waals surface area contributed by atoms with E-state index < -0.39 is 0 Å². The maximum absolute atomic E-state index is 12.8. The molecule has 1 amide bonds. The molecule has 2 heterocycles. The molecule has 128 valence electrons.